The highest BCUT2D eigenvalue weighted by atomic mass is 35.5. The molecule has 2 atom stereocenters. The SMILES string of the molecule is CSC1CCCC1NC(=O)c1cc(Cl)ncc1Cl. The normalized spacial score (nSPS) is 23.1. The van der Waals surface area contributed by atoms with Crippen molar-refractivity contribution in [2.75, 3.05) is 6.26 Å². The van der Waals surface area contributed by atoms with Gasteiger partial charge >= 0.3 is 0 Å². The number of thioether (sulfide) groups is 1. The van der Waals surface area contributed by atoms with Crippen molar-refractivity contribution in [3.05, 3.63) is 28.0 Å². The maximum atomic E-state index is 12.1. The van der Waals surface area contributed by atoms with Gasteiger partial charge in [-0.15, -0.1) is 0 Å². The van der Waals surface area contributed by atoms with E-state index in [9.17, 15) is 4.79 Å². The van der Waals surface area contributed by atoms with Gasteiger partial charge in [-0.25, -0.2) is 4.98 Å². The second kappa shape index (κ2) is 6.13. The van der Waals surface area contributed by atoms with Gasteiger partial charge in [-0.05, 0) is 25.2 Å². The lowest BCUT2D eigenvalue weighted by Crippen LogP contribution is -2.38. The van der Waals surface area contributed by atoms with Crippen LogP contribution in [0, 0.1) is 0 Å². The second-order valence-electron chi connectivity index (χ2n) is 4.27. The molecule has 2 rings (SSSR count). The summed E-state index contributed by atoms with van der Waals surface area (Å²) in [4.78, 5) is 16.0. The van der Waals surface area contributed by atoms with Crippen LogP contribution in [0.3, 0.4) is 0 Å². The summed E-state index contributed by atoms with van der Waals surface area (Å²) in [6, 6.07) is 1.72. The topological polar surface area (TPSA) is 42.0 Å². The Balaban J connectivity index is 2.09. The van der Waals surface area contributed by atoms with Crippen LogP contribution in [-0.4, -0.2) is 28.4 Å². The predicted molar refractivity (Wildman–Crippen MR) is 76.7 cm³/mol. The van der Waals surface area contributed by atoms with Gasteiger partial charge in [0.1, 0.15) is 5.15 Å². The van der Waals surface area contributed by atoms with Crippen molar-refractivity contribution in [3.8, 4) is 0 Å². The zero-order valence-corrected chi connectivity index (χ0v) is 12.3. The van der Waals surface area contributed by atoms with E-state index >= 15 is 0 Å². The van der Waals surface area contributed by atoms with Crippen molar-refractivity contribution in [1.82, 2.24) is 10.3 Å². The first kappa shape index (κ1) is 14.0. The average Bonchev–Trinajstić information content (AvgIpc) is 2.79. The second-order valence-corrected chi connectivity index (χ2v) is 6.14. The Morgan fingerprint density at radius 1 is 1.50 bits per heavy atom. The number of carbonyl (C=O) groups is 1. The lowest BCUT2D eigenvalue weighted by molar-refractivity contribution is 0.0938. The maximum absolute atomic E-state index is 12.1. The summed E-state index contributed by atoms with van der Waals surface area (Å²) in [7, 11) is 0. The zero-order chi connectivity index (χ0) is 13.1. The lowest BCUT2D eigenvalue weighted by Gasteiger charge is -2.19. The molecule has 1 aromatic rings. The Morgan fingerprint density at radius 2 is 2.28 bits per heavy atom. The Kier molecular flexibility index (Phi) is 4.76. The summed E-state index contributed by atoms with van der Waals surface area (Å²) in [6.07, 6.45) is 6.80. The standard InChI is InChI=1S/C12H14Cl2N2OS/c1-18-10-4-2-3-9(10)16-12(17)7-5-11(14)15-6-8(7)13/h5-6,9-10H,2-4H2,1H3,(H,16,17). The van der Waals surface area contributed by atoms with Crippen LogP contribution >= 0.6 is 35.0 Å². The molecule has 1 aliphatic rings. The third-order valence-electron chi connectivity index (χ3n) is 3.14. The summed E-state index contributed by atoms with van der Waals surface area (Å²) in [5, 5.41) is 4.13. The molecule has 0 aliphatic heterocycles. The molecule has 1 amide bonds. The molecule has 98 valence electrons. The highest BCUT2D eigenvalue weighted by molar-refractivity contribution is 7.99. The van der Waals surface area contributed by atoms with E-state index in [1.807, 2.05) is 0 Å². The number of amides is 1. The minimum atomic E-state index is -0.171. The van der Waals surface area contributed by atoms with E-state index in [0.717, 1.165) is 19.3 Å². The van der Waals surface area contributed by atoms with Gasteiger partial charge in [0.15, 0.2) is 0 Å². The first-order chi connectivity index (χ1) is 8.61. The van der Waals surface area contributed by atoms with Gasteiger partial charge in [-0.2, -0.15) is 11.8 Å². The molecule has 0 aromatic carbocycles. The van der Waals surface area contributed by atoms with Gasteiger partial charge in [0.2, 0.25) is 0 Å². The summed E-state index contributed by atoms with van der Waals surface area (Å²) in [5.41, 5.74) is 0.392. The van der Waals surface area contributed by atoms with Gasteiger partial charge in [-0.1, -0.05) is 29.6 Å². The van der Waals surface area contributed by atoms with Crippen molar-refractivity contribution in [1.29, 1.82) is 0 Å². The molecular formula is C12H14Cl2N2OS. The smallest absolute Gasteiger partial charge is 0.253 e. The number of rotatable bonds is 3. The Labute approximate surface area is 121 Å². The highest BCUT2D eigenvalue weighted by Gasteiger charge is 2.28. The monoisotopic (exact) mass is 304 g/mol. The fourth-order valence-electron chi connectivity index (χ4n) is 2.21. The number of hydrogen-bond acceptors (Lipinski definition) is 3. The molecule has 0 spiro atoms. The van der Waals surface area contributed by atoms with E-state index in [-0.39, 0.29) is 17.1 Å². The summed E-state index contributed by atoms with van der Waals surface area (Å²) in [6.45, 7) is 0. The Morgan fingerprint density at radius 3 is 3.00 bits per heavy atom. The third kappa shape index (κ3) is 3.11. The van der Waals surface area contributed by atoms with Gasteiger partial charge in [0.25, 0.3) is 5.91 Å². The number of halogens is 2. The van der Waals surface area contributed by atoms with Crippen molar-refractivity contribution in [2.45, 2.75) is 30.6 Å². The Hall–Kier alpha value is -0.450. The molecule has 1 heterocycles. The first-order valence-electron chi connectivity index (χ1n) is 5.76. The molecule has 0 saturated heterocycles. The van der Waals surface area contributed by atoms with E-state index in [1.54, 1.807) is 11.8 Å². The van der Waals surface area contributed by atoms with E-state index < -0.39 is 0 Å². The van der Waals surface area contributed by atoms with Crippen LogP contribution in [0.25, 0.3) is 0 Å². The molecule has 18 heavy (non-hydrogen) atoms. The van der Waals surface area contributed by atoms with E-state index in [1.165, 1.54) is 12.3 Å². The molecule has 0 radical (unpaired) electrons. The quantitative estimate of drug-likeness (QED) is 0.870. The van der Waals surface area contributed by atoms with Gasteiger partial charge in [0.05, 0.1) is 10.6 Å². The fourth-order valence-corrected chi connectivity index (χ4v) is 3.49. The van der Waals surface area contributed by atoms with Crippen LogP contribution in [0.1, 0.15) is 29.6 Å². The van der Waals surface area contributed by atoms with E-state index in [2.05, 4.69) is 16.6 Å². The molecule has 1 saturated carbocycles. The zero-order valence-electron chi connectivity index (χ0n) is 9.95. The predicted octanol–water partition coefficient (Wildman–Crippen LogP) is 3.40. The number of pyridine rings is 1. The summed E-state index contributed by atoms with van der Waals surface area (Å²) < 4.78 is 0. The number of nitrogens with zero attached hydrogens (tertiary/aromatic N) is 1. The molecule has 1 aliphatic carbocycles. The van der Waals surface area contributed by atoms with Gasteiger partial charge < -0.3 is 5.32 Å². The molecule has 6 heteroatoms. The number of nitrogens with one attached hydrogen (secondary N) is 1. The first-order valence-corrected chi connectivity index (χ1v) is 7.81. The largest absolute Gasteiger partial charge is 0.348 e. The number of carbonyl (C=O) groups excluding carboxylic acids is 1. The summed E-state index contributed by atoms with van der Waals surface area (Å²) in [5.74, 6) is -0.171. The van der Waals surface area contributed by atoms with Crippen LogP contribution in [0.4, 0.5) is 0 Å². The molecule has 1 fully saturated rings. The molecule has 1 N–H and O–H groups in total. The lowest BCUT2D eigenvalue weighted by atomic mass is 10.2. The van der Waals surface area contributed by atoms with E-state index in [4.69, 9.17) is 23.2 Å². The maximum Gasteiger partial charge on any atom is 0.253 e. The van der Waals surface area contributed by atoms with Crippen LogP contribution in [-0.2, 0) is 0 Å². The molecule has 3 nitrogen and oxygen atoms in total. The van der Waals surface area contributed by atoms with Crippen molar-refractivity contribution >= 4 is 40.9 Å². The molecule has 0 bridgehead atoms. The minimum Gasteiger partial charge on any atom is -0.348 e. The fraction of sp³-hybridized carbons (Fsp3) is 0.500. The van der Waals surface area contributed by atoms with Gasteiger partial charge in [-0.3, -0.25) is 4.79 Å². The van der Waals surface area contributed by atoms with Crippen molar-refractivity contribution < 1.29 is 4.79 Å². The minimum absolute atomic E-state index is 0.171. The number of aromatic nitrogens is 1. The van der Waals surface area contributed by atoms with Crippen LogP contribution in [0.5, 0.6) is 0 Å². The average molecular weight is 305 g/mol. The van der Waals surface area contributed by atoms with Gasteiger partial charge in [0, 0.05) is 17.5 Å². The van der Waals surface area contributed by atoms with E-state index in [0.29, 0.717) is 15.8 Å². The van der Waals surface area contributed by atoms with Crippen LogP contribution in [0.15, 0.2) is 12.3 Å². The van der Waals surface area contributed by atoms with Crippen LogP contribution in [0.2, 0.25) is 10.2 Å². The molecule has 1 aromatic heterocycles. The van der Waals surface area contributed by atoms with Crippen LogP contribution < -0.4 is 5.32 Å². The highest BCUT2D eigenvalue weighted by Crippen LogP contribution is 2.29. The summed E-state index contributed by atoms with van der Waals surface area (Å²) >= 11 is 13.5. The third-order valence-corrected chi connectivity index (χ3v) is 4.82. The number of hydrogen-bond donors (Lipinski definition) is 1. The van der Waals surface area contributed by atoms with Crippen molar-refractivity contribution in [3.63, 3.8) is 0 Å². The molecule has 2 unspecified atom stereocenters. The van der Waals surface area contributed by atoms with Crippen molar-refractivity contribution in [2.24, 2.45) is 0 Å². The Bertz CT molecular complexity index is 456. The molecular weight excluding hydrogens is 291 g/mol.